The van der Waals surface area contributed by atoms with Gasteiger partial charge in [-0.3, -0.25) is 0 Å². The molecular weight excluding hydrogens is 336 g/mol. The first-order valence-electron chi connectivity index (χ1n) is 8.11. The van der Waals surface area contributed by atoms with Crippen LogP contribution >= 0.6 is 23.8 Å². The molecule has 0 radical (unpaired) electrons. The Hall–Kier alpha value is -1.58. The maximum Gasteiger partial charge on any atom is 0.171 e. The van der Waals surface area contributed by atoms with E-state index in [0.29, 0.717) is 5.11 Å². The molecule has 1 atom stereocenters. The second kappa shape index (κ2) is 7.54. The van der Waals surface area contributed by atoms with Crippen LogP contribution in [0.5, 0.6) is 0 Å². The van der Waals surface area contributed by atoms with Gasteiger partial charge >= 0.3 is 0 Å². The van der Waals surface area contributed by atoms with E-state index < -0.39 is 0 Å². The lowest BCUT2D eigenvalue weighted by atomic mass is 9.86. The van der Waals surface area contributed by atoms with E-state index in [1.165, 1.54) is 11.1 Å². The van der Waals surface area contributed by atoms with Crippen LogP contribution in [-0.2, 0) is 5.41 Å². The summed E-state index contributed by atoms with van der Waals surface area (Å²) in [6.07, 6.45) is 0. The average Bonchev–Trinajstić information content (AvgIpc) is 2.50. The van der Waals surface area contributed by atoms with E-state index in [0.717, 1.165) is 16.3 Å². The number of aryl methyl sites for hydroxylation is 1. The van der Waals surface area contributed by atoms with Crippen molar-refractivity contribution in [1.82, 2.24) is 5.32 Å². The number of hydrogen-bond acceptors (Lipinski definition) is 1. The van der Waals surface area contributed by atoms with Gasteiger partial charge in [-0.05, 0) is 60.3 Å². The molecule has 2 N–H and O–H groups in total. The standard InChI is InChI=1S/C20H25ClN2S/c1-13-6-11-17(12-18(13)21)23-19(24)22-14(2)15-7-9-16(10-8-15)20(3,4)5/h6-12,14H,1-5H3,(H2,22,23,24). The van der Waals surface area contributed by atoms with Gasteiger partial charge in [0, 0.05) is 10.7 Å². The van der Waals surface area contributed by atoms with Gasteiger partial charge in [-0.15, -0.1) is 0 Å². The van der Waals surface area contributed by atoms with Crippen molar-refractivity contribution < 1.29 is 0 Å². The lowest BCUT2D eigenvalue weighted by molar-refractivity contribution is 0.589. The largest absolute Gasteiger partial charge is 0.356 e. The normalized spacial score (nSPS) is 12.6. The van der Waals surface area contributed by atoms with Crippen LogP contribution in [0.2, 0.25) is 5.02 Å². The fourth-order valence-electron chi connectivity index (χ4n) is 2.39. The Morgan fingerprint density at radius 1 is 1.08 bits per heavy atom. The van der Waals surface area contributed by atoms with Gasteiger partial charge in [-0.2, -0.15) is 0 Å². The van der Waals surface area contributed by atoms with Gasteiger partial charge in [0.05, 0.1) is 6.04 Å². The number of anilines is 1. The first-order chi connectivity index (χ1) is 11.2. The van der Waals surface area contributed by atoms with E-state index in [2.05, 4.69) is 62.6 Å². The number of rotatable bonds is 3. The molecule has 2 rings (SSSR count). The van der Waals surface area contributed by atoms with E-state index >= 15 is 0 Å². The molecular formula is C20H25ClN2S. The van der Waals surface area contributed by atoms with Crippen LogP contribution in [0.1, 0.15) is 50.4 Å². The van der Waals surface area contributed by atoms with Crippen molar-refractivity contribution >= 4 is 34.6 Å². The quantitative estimate of drug-likeness (QED) is 0.657. The van der Waals surface area contributed by atoms with Crippen molar-refractivity contribution in [2.45, 2.75) is 46.1 Å². The van der Waals surface area contributed by atoms with Gasteiger partial charge < -0.3 is 10.6 Å². The molecule has 0 saturated heterocycles. The average molecular weight is 361 g/mol. The molecule has 0 aliphatic carbocycles. The van der Waals surface area contributed by atoms with E-state index in [-0.39, 0.29) is 11.5 Å². The first kappa shape index (κ1) is 18.8. The van der Waals surface area contributed by atoms with Crippen LogP contribution in [0, 0.1) is 6.92 Å². The van der Waals surface area contributed by atoms with Gasteiger partial charge in [0.25, 0.3) is 0 Å². The Labute approximate surface area is 155 Å². The van der Waals surface area contributed by atoms with Crippen molar-refractivity contribution in [1.29, 1.82) is 0 Å². The molecule has 0 aromatic heterocycles. The Morgan fingerprint density at radius 2 is 1.71 bits per heavy atom. The molecule has 0 aliphatic rings. The minimum Gasteiger partial charge on any atom is -0.356 e. The van der Waals surface area contributed by atoms with Crippen LogP contribution in [0.4, 0.5) is 5.69 Å². The smallest absolute Gasteiger partial charge is 0.171 e. The van der Waals surface area contributed by atoms with Gasteiger partial charge in [-0.1, -0.05) is 62.7 Å². The van der Waals surface area contributed by atoms with Crippen molar-refractivity contribution in [2.24, 2.45) is 0 Å². The fourth-order valence-corrected chi connectivity index (χ4v) is 2.86. The number of halogens is 1. The lowest BCUT2D eigenvalue weighted by Gasteiger charge is -2.21. The molecule has 24 heavy (non-hydrogen) atoms. The molecule has 2 aromatic rings. The zero-order chi connectivity index (χ0) is 17.9. The summed E-state index contributed by atoms with van der Waals surface area (Å²) < 4.78 is 0. The van der Waals surface area contributed by atoms with Crippen LogP contribution in [0.3, 0.4) is 0 Å². The molecule has 2 nitrogen and oxygen atoms in total. The zero-order valence-electron chi connectivity index (χ0n) is 14.9. The molecule has 0 aliphatic heterocycles. The van der Waals surface area contributed by atoms with Crippen LogP contribution in [-0.4, -0.2) is 5.11 Å². The molecule has 0 fully saturated rings. The van der Waals surface area contributed by atoms with Gasteiger partial charge in [-0.25, -0.2) is 0 Å². The van der Waals surface area contributed by atoms with Crippen LogP contribution in [0.15, 0.2) is 42.5 Å². The highest BCUT2D eigenvalue weighted by Crippen LogP contribution is 2.24. The van der Waals surface area contributed by atoms with E-state index in [4.69, 9.17) is 23.8 Å². The van der Waals surface area contributed by atoms with Crippen LogP contribution < -0.4 is 10.6 Å². The minimum atomic E-state index is 0.125. The Morgan fingerprint density at radius 3 is 2.25 bits per heavy atom. The maximum absolute atomic E-state index is 6.15. The predicted octanol–water partition coefficient (Wildman–Crippen LogP) is 5.99. The summed E-state index contributed by atoms with van der Waals surface area (Å²) in [7, 11) is 0. The molecule has 1 unspecified atom stereocenters. The second-order valence-corrected chi connectivity index (χ2v) is 7.97. The molecule has 128 valence electrons. The Balaban J connectivity index is 1.99. The number of benzene rings is 2. The van der Waals surface area contributed by atoms with E-state index in [9.17, 15) is 0 Å². The molecule has 4 heteroatoms. The zero-order valence-corrected chi connectivity index (χ0v) is 16.5. The summed E-state index contributed by atoms with van der Waals surface area (Å²) in [5.41, 5.74) is 4.63. The SMILES string of the molecule is Cc1ccc(NC(=S)NC(C)c2ccc(C(C)(C)C)cc2)cc1Cl. The van der Waals surface area contributed by atoms with Gasteiger partial charge in [0.15, 0.2) is 5.11 Å². The highest BCUT2D eigenvalue weighted by molar-refractivity contribution is 7.80. The molecule has 0 spiro atoms. The molecule has 0 bridgehead atoms. The van der Waals surface area contributed by atoms with Crippen molar-refractivity contribution in [3.63, 3.8) is 0 Å². The first-order valence-corrected chi connectivity index (χ1v) is 8.89. The topological polar surface area (TPSA) is 24.1 Å². The van der Waals surface area contributed by atoms with Gasteiger partial charge in [0.1, 0.15) is 0 Å². The molecule has 0 saturated carbocycles. The molecule has 2 aromatic carbocycles. The molecule has 0 amide bonds. The number of hydrogen-bond donors (Lipinski definition) is 2. The summed E-state index contributed by atoms with van der Waals surface area (Å²) in [6, 6.07) is 14.6. The van der Waals surface area contributed by atoms with E-state index in [1.54, 1.807) is 0 Å². The summed E-state index contributed by atoms with van der Waals surface area (Å²) in [5, 5.41) is 7.81. The lowest BCUT2D eigenvalue weighted by Crippen LogP contribution is -2.30. The summed E-state index contributed by atoms with van der Waals surface area (Å²) in [4.78, 5) is 0. The third-order valence-electron chi connectivity index (χ3n) is 4.05. The predicted molar refractivity (Wildman–Crippen MR) is 109 cm³/mol. The fraction of sp³-hybridized carbons (Fsp3) is 0.350. The number of thiocarbonyl (C=S) groups is 1. The number of nitrogens with one attached hydrogen (secondary N) is 2. The third kappa shape index (κ3) is 4.96. The summed E-state index contributed by atoms with van der Waals surface area (Å²) in [5.74, 6) is 0. The van der Waals surface area contributed by atoms with Crippen molar-refractivity contribution in [3.05, 3.63) is 64.2 Å². The minimum absolute atomic E-state index is 0.125. The van der Waals surface area contributed by atoms with Gasteiger partial charge in [0.2, 0.25) is 0 Å². The Bertz CT molecular complexity index is 717. The van der Waals surface area contributed by atoms with E-state index in [1.807, 2.05) is 25.1 Å². The van der Waals surface area contributed by atoms with Crippen LogP contribution in [0.25, 0.3) is 0 Å². The summed E-state index contributed by atoms with van der Waals surface area (Å²) in [6.45, 7) is 10.7. The monoisotopic (exact) mass is 360 g/mol. The highest BCUT2D eigenvalue weighted by Gasteiger charge is 2.14. The molecule has 0 heterocycles. The second-order valence-electron chi connectivity index (χ2n) is 7.16. The van der Waals surface area contributed by atoms with Crippen molar-refractivity contribution in [2.75, 3.05) is 5.32 Å². The maximum atomic E-state index is 6.15. The van der Waals surface area contributed by atoms with Crippen molar-refractivity contribution in [3.8, 4) is 0 Å². The third-order valence-corrected chi connectivity index (χ3v) is 4.68. The summed E-state index contributed by atoms with van der Waals surface area (Å²) >= 11 is 11.6. The Kier molecular flexibility index (Phi) is 5.89. The highest BCUT2D eigenvalue weighted by atomic mass is 35.5.